The average molecular weight is 375 g/mol. The first kappa shape index (κ1) is 18.0. The summed E-state index contributed by atoms with van der Waals surface area (Å²) in [5, 5.41) is 8.23. The topological polar surface area (TPSA) is 58.2 Å². The summed E-state index contributed by atoms with van der Waals surface area (Å²) in [5.74, 6) is -0.223. The third kappa shape index (κ3) is 5.61. The molecule has 1 fully saturated rings. The van der Waals surface area contributed by atoms with Crippen molar-refractivity contribution in [1.29, 1.82) is 0 Å². The Morgan fingerprint density at radius 1 is 1.12 bits per heavy atom. The molecule has 2 aromatic rings. The third-order valence-corrected chi connectivity index (χ3v) is 6.34. The van der Waals surface area contributed by atoms with Gasteiger partial charge in [-0.25, -0.2) is 0 Å². The largest absolute Gasteiger partial charge is 0.351 e. The molecular formula is C19H22N2O2S2. The van der Waals surface area contributed by atoms with Crippen molar-refractivity contribution in [2.75, 3.05) is 11.9 Å². The summed E-state index contributed by atoms with van der Waals surface area (Å²) in [6, 6.07) is 11.6. The lowest BCUT2D eigenvalue weighted by Crippen LogP contribution is -2.27. The Morgan fingerprint density at radius 3 is 2.56 bits per heavy atom. The van der Waals surface area contributed by atoms with Gasteiger partial charge in [0.1, 0.15) is 0 Å². The van der Waals surface area contributed by atoms with Crippen molar-refractivity contribution in [3.05, 3.63) is 46.7 Å². The third-order valence-electron chi connectivity index (χ3n) is 4.13. The highest BCUT2D eigenvalue weighted by Gasteiger charge is 2.16. The second kappa shape index (κ2) is 9.06. The van der Waals surface area contributed by atoms with E-state index >= 15 is 0 Å². The van der Waals surface area contributed by atoms with E-state index in [0.717, 1.165) is 10.9 Å². The molecule has 0 unspecified atom stereocenters. The molecule has 0 aliphatic heterocycles. The van der Waals surface area contributed by atoms with E-state index in [4.69, 9.17) is 0 Å². The van der Waals surface area contributed by atoms with E-state index in [1.54, 1.807) is 6.07 Å². The van der Waals surface area contributed by atoms with Crippen LogP contribution < -0.4 is 10.6 Å². The lowest BCUT2D eigenvalue weighted by atomic mass is 10.3. The van der Waals surface area contributed by atoms with E-state index < -0.39 is 0 Å². The van der Waals surface area contributed by atoms with E-state index in [2.05, 4.69) is 22.8 Å². The number of amides is 2. The zero-order valence-corrected chi connectivity index (χ0v) is 15.6. The number of hydrogen-bond donors (Lipinski definition) is 2. The molecule has 0 saturated heterocycles. The van der Waals surface area contributed by atoms with Crippen LogP contribution in [0.3, 0.4) is 0 Å². The lowest BCUT2D eigenvalue weighted by Gasteiger charge is -2.10. The second-order valence-corrected chi connectivity index (χ2v) is 8.40. The molecule has 2 N–H and O–H groups in total. The van der Waals surface area contributed by atoms with Crippen LogP contribution in [0, 0.1) is 0 Å². The number of carbonyl (C=O) groups excluding carboxylic acids is 2. The minimum Gasteiger partial charge on any atom is -0.351 e. The van der Waals surface area contributed by atoms with Crippen molar-refractivity contribution in [2.45, 2.75) is 42.2 Å². The molecule has 25 heavy (non-hydrogen) atoms. The lowest BCUT2D eigenvalue weighted by molar-refractivity contribution is -0.116. The first-order valence-electron chi connectivity index (χ1n) is 8.59. The van der Waals surface area contributed by atoms with Crippen LogP contribution >= 0.6 is 23.1 Å². The van der Waals surface area contributed by atoms with Crippen LogP contribution in [0.5, 0.6) is 0 Å². The van der Waals surface area contributed by atoms with Crippen molar-refractivity contribution >= 4 is 40.6 Å². The molecular weight excluding hydrogens is 352 g/mol. The fraction of sp³-hybridized carbons (Fsp3) is 0.368. The van der Waals surface area contributed by atoms with Crippen molar-refractivity contribution in [1.82, 2.24) is 5.32 Å². The van der Waals surface area contributed by atoms with Crippen LogP contribution in [-0.4, -0.2) is 23.6 Å². The van der Waals surface area contributed by atoms with Gasteiger partial charge in [0, 0.05) is 28.8 Å². The first-order chi connectivity index (χ1) is 12.2. The zero-order chi connectivity index (χ0) is 17.5. The van der Waals surface area contributed by atoms with E-state index in [9.17, 15) is 9.59 Å². The number of benzene rings is 1. The Morgan fingerprint density at radius 2 is 1.88 bits per heavy atom. The quantitative estimate of drug-likeness (QED) is 0.748. The predicted octanol–water partition coefficient (Wildman–Crippen LogP) is 4.54. The Balaban J connectivity index is 1.39. The number of nitrogens with one attached hydrogen (secondary N) is 2. The van der Waals surface area contributed by atoms with Gasteiger partial charge in [-0.15, -0.1) is 23.1 Å². The van der Waals surface area contributed by atoms with Gasteiger partial charge in [-0.05, 0) is 48.6 Å². The van der Waals surface area contributed by atoms with Crippen molar-refractivity contribution in [3.8, 4) is 0 Å². The van der Waals surface area contributed by atoms with Crippen LogP contribution in [0.15, 0.2) is 46.7 Å². The molecule has 1 saturated carbocycles. The van der Waals surface area contributed by atoms with E-state index in [-0.39, 0.29) is 18.2 Å². The predicted molar refractivity (Wildman–Crippen MR) is 104 cm³/mol. The van der Waals surface area contributed by atoms with Gasteiger partial charge in [-0.1, -0.05) is 18.9 Å². The summed E-state index contributed by atoms with van der Waals surface area (Å²) < 4.78 is 0. The van der Waals surface area contributed by atoms with Gasteiger partial charge in [-0.3, -0.25) is 9.59 Å². The summed E-state index contributed by atoms with van der Waals surface area (Å²) in [6.45, 7) is 0.332. The normalized spacial score (nSPS) is 14.4. The van der Waals surface area contributed by atoms with Gasteiger partial charge in [-0.2, -0.15) is 0 Å². The maximum Gasteiger partial charge on any atom is 0.261 e. The zero-order valence-electron chi connectivity index (χ0n) is 14.0. The summed E-state index contributed by atoms with van der Waals surface area (Å²) in [6.07, 6.45) is 5.56. The molecule has 1 aromatic heterocycles. The monoisotopic (exact) mass is 374 g/mol. The Kier molecular flexibility index (Phi) is 6.53. The summed E-state index contributed by atoms with van der Waals surface area (Å²) in [5.41, 5.74) is 0.797. The Bertz CT molecular complexity index is 693. The molecule has 4 nitrogen and oxygen atoms in total. The van der Waals surface area contributed by atoms with E-state index in [1.165, 1.54) is 41.9 Å². The van der Waals surface area contributed by atoms with E-state index in [1.807, 2.05) is 35.3 Å². The molecule has 0 spiro atoms. The summed E-state index contributed by atoms with van der Waals surface area (Å²) in [7, 11) is 0. The highest BCUT2D eigenvalue weighted by atomic mass is 32.2. The second-order valence-electron chi connectivity index (χ2n) is 6.08. The van der Waals surface area contributed by atoms with Crippen molar-refractivity contribution in [2.24, 2.45) is 0 Å². The standard InChI is InChI=1S/C19H22N2O2S2/c22-18(11-12-20-19(23)17-6-3-13-24-17)21-14-7-9-16(10-8-14)25-15-4-1-2-5-15/h3,6-10,13,15H,1-2,4-5,11-12H2,(H,20,23)(H,21,22). The van der Waals surface area contributed by atoms with Crippen LogP contribution in [-0.2, 0) is 4.79 Å². The van der Waals surface area contributed by atoms with Crippen molar-refractivity contribution < 1.29 is 9.59 Å². The summed E-state index contributed by atoms with van der Waals surface area (Å²) >= 11 is 3.33. The number of thiophene rings is 1. The molecule has 1 aromatic carbocycles. The van der Waals surface area contributed by atoms with Gasteiger partial charge in [0.2, 0.25) is 5.91 Å². The van der Waals surface area contributed by atoms with Crippen molar-refractivity contribution in [3.63, 3.8) is 0 Å². The highest BCUT2D eigenvalue weighted by Crippen LogP contribution is 2.34. The molecule has 2 amide bonds. The smallest absolute Gasteiger partial charge is 0.261 e. The number of hydrogen-bond acceptors (Lipinski definition) is 4. The average Bonchev–Trinajstić information content (AvgIpc) is 3.30. The molecule has 0 bridgehead atoms. The molecule has 0 radical (unpaired) electrons. The molecule has 132 valence electrons. The number of anilines is 1. The molecule has 1 aliphatic rings. The highest BCUT2D eigenvalue weighted by molar-refractivity contribution is 8.00. The minimum atomic E-state index is -0.129. The minimum absolute atomic E-state index is 0.0947. The first-order valence-corrected chi connectivity index (χ1v) is 10.3. The molecule has 1 heterocycles. The maximum atomic E-state index is 12.0. The number of rotatable bonds is 7. The molecule has 6 heteroatoms. The number of carbonyl (C=O) groups is 2. The Hall–Kier alpha value is -1.79. The summed E-state index contributed by atoms with van der Waals surface area (Å²) in [4.78, 5) is 25.7. The SMILES string of the molecule is O=C(CCNC(=O)c1cccs1)Nc1ccc(SC2CCCC2)cc1. The van der Waals surface area contributed by atoms with Crippen LogP contribution in [0.1, 0.15) is 41.8 Å². The molecule has 1 aliphatic carbocycles. The van der Waals surface area contributed by atoms with Gasteiger partial charge < -0.3 is 10.6 Å². The fourth-order valence-corrected chi connectivity index (χ4v) is 4.71. The molecule has 0 atom stereocenters. The van der Waals surface area contributed by atoms with Crippen LogP contribution in [0.2, 0.25) is 0 Å². The van der Waals surface area contributed by atoms with Gasteiger partial charge in [0.05, 0.1) is 4.88 Å². The Labute approximate surface area is 156 Å². The van der Waals surface area contributed by atoms with Gasteiger partial charge >= 0.3 is 0 Å². The van der Waals surface area contributed by atoms with Crippen LogP contribution in [0.25, 0.3) is 0 Å². The maximum absolute atomic E-state index is 12.0. The van der Waals surface area contributed by atoms with Crippen LogP contribution in [0.4, 0.5) is 5.69 Å². The number of thioether (sulfide) groups is 1. The fourth-order valence-electron chi connectivity index (χ4n) is 2.82. The molecule has 3 rings (SSSR count). The van der Waals surface area contributed by atoms with Gasteiger partial charge in [0.25, 0.3) is 5.91 Å². The van der Waals surface area contributed by atoms with E-state index in [0.29, 0.717) is 11.4 Å². The van der Waals surface area contributed by atoms with Gasteiger partial charge in [0.15, 0.2) is 0 Å².